The fraction of sp³-hybridized carbons (Fsp3) is 0.579. The van der Waals surface area contributed by atoms with Gasteiger partial charge in [0.2, 0.25) is 0 Å². The Balaban J connectivity index is 1.79. The van der Waals surface area contributed by atoms with Gasteiger partial charge in [-0.05, 0) is 37.3 Å². The minimum Gasteiger partial charge on any atom is -0.497 e. The Morgan fingerprint density at radius 3 is 2.69 bits per heavy atom. The van der Waals surface area contributed by atoms with E-state index in [1.165, 1.54) is 7.11 Å². The summed E-state index contributed by atoms with van der Waals surface area (Å²) in [6.07, 6.45) is 2.67. The van der Waals surface area contributed by atoms with Crippen molar-refractivity contribution in [3.63, 3.8) is 0 Å². The van der Waals surface area contributed by atoms with Gasteiger partial charge in [-0.15, -0.1) is 0 Å². The zero-order chi connectivity index (χ0) is 18.7. The van der Waals surface area contributed by atoms with Crippen LogP contribution in [0.5, 0.6) is 11.5 Å². The van der Waals surface area contributed by atoms with Crippen LogP contribution in [0.15, 0.2) is 18.2 Å². The number of rotatable bonds is 8. The van der Waals surface area contributed by atoms with Crippen molar-refractivity contribution in [3.8, 4) is 11.5 Å². The topological polar surface area (TPSA) is 85.3 Å². The summed E-state index contributed by atoms with van der Waals surface area (Å²) < 4.78 is 16.2. The highest BCUT2D eigenvalue weighted by molar-refractivity contribution is 5.98. The van der Waals surface area contributed by atoms with Crippen molar-refractivity contribution in [1.29, 1.82) is 0 Å². The predicted octanol–water partition coefficient (Wildman–Crippen LogP) is 2.05. The van der Waals surface area contributed by atoms with Crippen molar-refractivity contribution in [3.05, 3.63) is 23.8 Å². The van der Waals surface area contributed by atoms with E-state index in [1.54, 1.807) is 30.2 Å². The Morgan fingerprint density at radius 2 is 2.08 bits per heavy atom. The van der Waals surface area contributed by atoms with E-state index in [2.05, 4.69) is 0 Å². The number of hydrogen-bond donors (Lipinski definition) is 1. The maximum atomic E-state index is 13.0. The molecule has 1 atom stereocenters. The number of carboxylic acid groups (broad SMARTS) is 1. The molecule has 1 aliphatic carbocycles. The highest BCUT2D eigenvalue weighted by Gasteiger charge is 2.46. The lowest BCUT2D eigenvalue weighted by Crippen LogP contribution is -2.40. The van der Waals surface area contributed by atoms with E-state index >= 15 is 0 Å². The zero-order valence-corrected chi connectivity index (χ0v) is 15.2. The molecular weight excluding hydrogens is 338 g/mol. The maximum absolute atomic E-state index is 13.0. The van der Waals surface area contributed by atoms with Gasteiger partial charge >= 0.3 is 5.97 Å². The number of benzene rings is 1. The number of carbonyl (C=O) groups is 2. The molecule has 1 saturated carbocycles. The molecule has 0 spiro atoms. The van der Waals surface area contributed by atoms with E-state index in [0.717, 1.165) is 12.8 Å². The average molecular weight is 363 g/mol. The third-order valence-corrected chi connectivity index (χ3v) is 5.11. The quantitative estimate of drug-likeness (QED) is 0.761. The molecule has 0 bridgehead atoms. The van der Waals surface area contributed by atoms with Crippen LogP contribution < -0.4 is 9.47 Å². The van der Waals surface area contributed by atoms with Crippen LogP contribution in [0.1, 0.15) is 29.6 Å². The van der Waals surface area contributed by atoms with Crippen molar-refractivity contribution in [1.82, 2.24) is 4.90 Å². The van der Waals surface area contributed by atoms with E-state index in [1.807, 2.05) is 0 Å². The summed E-state index contributed by atoms with van der Waals surface area (Å²) in [4.78, 5) is 26.3. The van der Waals surface area contributed by atoms with Crippen LogP contribution in [0.25, 0.3) is 0 Å². The van der Waals surface area contributed by atoms with Crippen molar-refractivity contribution in [2.45, 2.75) is 19.3 Å². The molecule has 2 aliphatic rings. The SMILES string of the molecule is COCC1(C(=O)O)CCN(C(=O)c2ccc(OC)cc2OCC2CC2)C1. The first-order valence-electron chi connectivity index (χ1n) is 8.81. The molecule has 2 fully saturated rings. The first-order chi connectivity index (χ1) is 12.5. The van der Waals surface area contributed by atoms with Gasteiger partial charge in [-0.2, -0.15) is 0 Å². The number of amides is 1. The number of nitrogens with zero attached hydrogens (tertiary/aromatic N) is 1. The summed E-state index contributed by atoms with van der Waals surface area (Å²) in [5.41, 5.74) is -0.614. The second-order valence-corrected chi connectivity index (χ2v) is 7.11. The van der Waals surface area contributed by atoms with Crippen molar-refractivity contribution in [2.24, 2.45) is 11.3 Å². The number of carbonyl (C=O) groups excluding carboxylic acids is 1. The zero-order valence-electron chi connectivity index (χ0n) is 15.2. The predicted molar refractivity (Wildman–Crippen MR) is 93.7 cm³/mol. The first-order valence-corrected chi connectivity index (χ1v) is 8.81. The largest absolute Gasteiger partial charge is 0.497 e. The monoisotopic (exact) mass is 363 g/mol. The number of methoxy groups -OCH3 is 2. The highest BCUT2D eigenvalue weighted by Crippen LogP contribution is 2.35. The lowest BCUT2D eigenvalue weighted by molar-refractivity contribution is -0.151. The molecule has 1 N–H and O–H groups in total. The van der Waals surface area contributed by atoms with Crippen molar-refractivity contribution >= 4 is 11.9 Å². The standard InChI is InChI=1S/C19H25NO6/c1-24-12-19(18(22)23)7-8-20(11-19)17(21)15-6-5-14(25-2)9-16(15)26-10-13-3-4-13/h5-6,9,13H,3-4,7-8,10-12H2,1-2H3,(H,22,23). The lowest BCUT2D eigenvalue weighted by atomic mass is 9.88. The van der Waals surface area contributed by atoms with Gasteiger partial charge in [0.15, 0.2) is 0 Å². The number of carboxylic acids is 1. The normalized spacial score (nSPS) is 22.3. The molecule has 1 heterocycles. The molecule has 1 saturated heterocycles. The molecule has 1 amide bonds. The minimum absolute atomic E-state index is 0.0831. The third kappa shape index (κ3) is 3.77. The van der Waals surface area contributed by atoms with Crippen LogP contribution >= 0.6 is 0 Å². The van der Waals surface area contributed by atoms with Crippen LogP contribution in [-0.2, 0) is 9.53 Å². The Hall–Kier alpha value is -2.28. The Kier molecular flexibility index (Phi) is 5.36. The summed E-state index contributed by atoms with van der Waals surface area (Å²) in [5.74, 6) is 0.499. The van der Waals surface area contributed by atoms with Crippen molar-refractivity contribution < 1.29 is 28.9 Å². The molecule has 142 valence electrons. The molecule has 1 unspecified atom stereocenters. The highest BCUT2D eigenvalue weighted by atomic mass is 16.5. The molecule has 26 heavy (non-hydrogen) atoms. The molecule has 7 heteroatoms. The summed E-state index contributed by atoms with van der Waals surface area (Å²) in [6.45, 7) is 1.17. The number of aliphatic carboxylic acids is 1. The smallest absolute Gasteiger partial charge is 0.313 e. The van der Waals surface area contributed by atoms with E-state index in [0.29, 0.717) is 42.6 Å². The second kappa shape index (κ2) is 7.53. The van der Waals surface area contributed by atoms with E-state index in [4.69, 9.17) is 14.2 Å². The van der Waals surface area contributed by atoms with E-state index in [-0.39, 0.29) is 19.1 Å². The lowest BCUT2D eigenvalue weighted by Gasteiger charge is -2.24. The molecule has 7 nitrogen and oxygen atoms in total. The molecule has 0 radical (unpaired) electrons. The maximum Gasteiger partial charge on any atom is 0.313 e. The van der Waals surface area contributed by atoms with Crippen LogP contribution in [0, 0.1) is 11.3 Å². The van der Waals surface area contributed by atoms with Gasteiger partial charge in [-0.25, -0.2) is 0 Å². The fourth-order valence-electron chi connectivity index (χ4n) is 3.26. The van der Waals surface area contributed by atoms with Crippen molar-refractivity contribution in [2.75, 3.05) is 40.5 Å². The number of likely N-dealkylation sites (tertiary alicyclic amines) is 1. The minimum atomic E-state index is -1.05. The van der Waals surface area contributed by atoms with E-state index < -0.39 is 11.4 Å². The van der Waals surface area contributed by atoms with Gasteiger partial charge in [0.1, 0.15) is 16.9 Å². The Morgan fingerprint density at radius 1 is 1.31 bits per heavy atom. The Labute approximate surface area is 152 Å². The number of hydrogen-bond acceptors (Lipinski definition) is 5. The summed E-state index contributed by atoms with van der Waals surface area (Å²) >= 11 is 0. The van der Waals surface area contributed by atoms with Gasteiger partial charge in [0, 0.05) is 26.3 Å². The molecule has 0 aromatic heterocycles. The van der Waals surface area contributed by atoms with Gasteiger partial charge < -0.3 is 24.2 Å². The molecule has 1 aromatic carbocycles. The van der Waals surface area contributed by atoms with Crippen LogP contribution in [0.4, 0.5) is 0 Å². The average Bonchev–Trinajstić information content (AvgIpc) is 3.37. The van der Waals surface area contributed by atoms with Crippen LogP contribution in [0.3, 0.4) is 0 Å². The van der Waals surface area contributed by atoms with Crippen LogP contribution in [-0.4, -0.2) is 62.4 Å². The number of ether oxygens (including phenoxy) is 3. The third-order valence-electron chi connectivity index (χ3n) is 5.11. The molecular formula is C19H25NO6. The van der Waals surface area contributed by atoms with Gasteiger partial charge in [0.05, 0.1) is 25.9 Å². The molecule has 3 rings (SSSR count). The van der Waals surface area contributed by atoms with Crippen LogP contribution in [0.2, 0.25) is 0 Å². The molecule has 1 aliphatic heterocycles. The van der Waals surface area contributed by atoms with E-state index in [9.17, 15) is 14.7 Å². The summed E-state index contributed by atoms with van der Waals surface area (Å²) in [7, 11) is 3.04. The Bertz CT molecular complexity index is 687. The second-order valence-electron chi connectivity index (χ2n) is 7.11. The molecule has 1 aromatic rings. The first kappa shape index (κ1) is 18.5. The summed E-state index contributed by atoms with van der Waals surface area (Å²) in [5, 5.41) is 9.58. The van der Waals surface area contributed by atoms with Gasteiger partial charge in [0.25, 0.3) is 5.91 Å². The summed E-state index contributed by atoms with van der Waals surface area (Å²) in [6, 6.07) is 5.11. The van der Waals surface area contributed by atoms with Gasteiger partial charge in [-0.3, -0.25) is 9.59 Å². The van der Waals surface area contributed by atoms with Gasteiger partial charge in [-0.1, -0.05) is 0 Å². The fourth-order valence-corrected chi connectivity index (χ4v) is 3.26.